The predicted molar refractivity (Wildman–Crippen MR) is 139 cm³/mol. The molecule has 3 aromatic rings. The lowest BCUT2D eigenvalue weighted by atomic mass is 9.86. The van der Waals surface area contributed by atoms with E-state index in [1.165, 1.54) is 12.1 Å². The van der Waals surface area contributed by atoms with Crippen molar-refractivity contribution >= 4 is 34.5 Å². The van der Waals surface area contributed by atoms with Crippen LogP contribution in [0, 0.1) is 0 Å². The van der Waals surface area contributed by atoms with Gasteiger partial charge in [-0.25, -0.2) is 9.59 Å². The highest BCUT2D eigenvalue weighted by molar-refractivity contribution is 6.31. The third-order valence-electron chi connectivity index (χ3n) is 6.03. The third kappa shape index (κ3) is 4.67. The summed E-state index contributed by atoms with van der Waals surface area (Å²) in [4.78, 5) is 55.2. The van der Waals surface area contributed by atoms with E-state index in [9.17, 15) is 19.2 Å². The van der Waals surface area contributed by atoms with Crippen LogP contribution in [-0.2, 0) is 16.0 Å². The minimum atomic E-state index is -0.755. The van der Waals surface area contributed by atoms with Gasteiger partial charge in [-0.05, 0) is 45.4 Å². The summed E-state index contributed by atoms with van der Waals surface area (Å²) in [6.45, 7) is 7.30. The number of ether oxygens (including phenoxy) is 4. The highest BCUT2D eigenvalue weighted by Crippen LogP contribution is 2.44. The Labute approximate surface area is 220 Å². The first kappa shape index (κ1) is 26.7. The molecule has 198 valence electrons. The van der Waals surface area contributed by atoms with E-state index < -0.39 is 23.8 Å². The summed E-state index contributed by atoms with van der Waals surface area (Å²) >= 11 is 0. The lowest BCUT2D eigenvalue weighted by Crippen LogP contribution is -2.40. The summed E-state index contributed by atoms with van der Waals surface area (Å²) in [6, 6.07) is 11.9. The molecule has 0 bridgehead atoms. The number of benzene rings is 3. The number of nitrogens with zero attached hydrogens (tertiary/aromatic N) is 1. The summed E-state index contributed by atoms with van der Waals surface area (Å²) in [7, 11) is 0. The van der Waals surface area contributed by atoms with Crippen molar-refractivity contribution in [3.05, 3.63) is 70.3 Å². The highest BCUT2D eigenvalue weighted by Gasteiger charge is 2.40. The van der Waals surface area contributed by atoms with Crippen molar-refractivity contribution in [2.75, 3.05) is 26.4 Å². The zero-order valence-electron chi connectivity index (χ0n) is 21.8. The molecule has 1 heterocycles. The Balaban J connectivity index is 2.12. The van der Waals surface area contributed by atoms with E-state index in [0.717, 1.165) is 10.5 Å². The van der Waals surface area contributed by atoms with Crippen LogP contribution in [0.2, 0.25) is 0 Å². The average molecular weight is 520 g/mol. The molecule has 0 aliphatic carbocycles. The fourth-order valence-corrected chi connectivity index (χ4v) is 4.56. The Hall–Kier alpha value is -4.40. The van der Waals surface area contributed by atoms with Crippen LogP contribution in [-0.4, -0.2) is 55.1 Å². The van der Waals surface area contributed by atoms with Crippen molar-refractivity contribution in [2.45, 2.75) is 34.2 Å². The van der Waals surface area contributed by atoms with Crippen LogP contribution in [0.1, 0.15) is 74.7 Å². The largest absolute Gasteiger partial charge is 0.493 e. The quantitative estimate of drug-likeness (QED) is 0.278. The van der Waals surface area contributed by atoms with Gasteiger partial charge in [-0.3, -0.25) is 14.5 Å². The smallest absolute Gasteiger partial charge is 0.342 e. The van der Waals surface area contributed by atoms with Gasteiger partial charge >= 0.3 is 11.9 Å². The second-order valence-corrected chi connectivity index (χ2v) is 8.33. The van der Waals surface area contributed by atoms with E-state index in [1.54, 1.807) is 27.7 Å². The molecule has 2 amide bonds. The maximum absolute atomic E-state index is 13.9. The van der Waals surface area contributed by atoms with E-state index in [-0.39, 0.29) is 77.5 Å². The highest BCUT2D eigenvalue weighted by atomic mass is 16.5. The fraction of sp³-hybridized carbons (Fsp3) is 0.310. The molecule has 0 fully saturated rings. The molecule has 0 aromatic heterocycles. The second-order valence-electron chi connectivity index (χ2n) is 8.33. The molecule has 0 radical (unpaired) electrons. The van der Waals surface area contributed by atoms with Gasteiger partial charge in [-0.15, -0.1) is 0 Å². The summed E-state index contributed by atoms with van der Waals surface area (Å²) in [5.41, 5.74) is 0.847. The summed E-state index contributed by atoms with van der Waals surface area (Å²) < 4.78 is 22.2. The molecule has 0 unspecified atom stereocenters. The van der Waals surface area contributed by atoms with Crippen LogP contribution >= 0.6 is 0 Å². The van der Waals surface area contributed by atoms with Gasteiger partial charge in [0.05, 0.1) is 49.7 Å². The molecule has 38 heavy (non-hydrogen) atoms. The Morgan fingerprint density at radius 3 is 2.00 bits per heavy atom. The van der Waals surface area contributed by atoms with Crippen molar-refractivity contribution in [1.29, 1.82) is 0 Å². The van der Waals surface area contributed by atoms with Gasteiger partial charge in [0.2, 0.25) is 0 Å². The molecule has 3 aromatic carbocycles. The average Bonchev–Trinajstić information content (AvgIpc) is 2.90. The van der Waals surface area contributed by atoms with Crippen LogP contribution < -0.4 is 9.47 Å². The van der Waals surface area contributed by atoms with Crippen molar-refractivity contribution in [3.8, 4) is 11.5 Å². The number of carbonyl (C=O) groups is 4. The Morgan fingerprint density at radius 2 is 1.37 bits per heavy atom. The van der Waals surface area contributed by atoms with Gasteiger partial charge in [0.1, 0.15) is 17.1 Å². The molecule has 0 N–H and O–H groups in total. The van der Waals surface area contributed by atoms with E-state index in [4.69, 9.17) is 18.9 Å². The van der Waals surface area contributed by atoms with E-state index >= 15 is 0 Å². The molecule has 0 saturated carbocycles. The van der Waals surface area contributed by atoms with E-state index in [2.05, 4.69) is 0 Å². The number of imide groups is 1. The number of hydrogen-bond acceptors (Lipinski definition) is 8. The van der Waals surface area contributed by atoms with E-state index in [0.29, 0.717) is 0 Å². The standard InChI is InChI=1S/C29H29NO8/c1-5-35-20-15-19(28(33)37-7-3)23-22-18(14-21(36-6-2)25(23)29(34)38-8-4)26(31)30(27(32)24(20)22)16-17-12-10-9-11-13-17/h9-15H,5-8,16H2,1-4H3. The van der Waals surface area contributed by atoms with Gasteiger partial charge in [-0.2, -0.15) is 0 Å². The van der Waals surface area contributed by atoms with Crippen LogP contribution in [0.5, 0.6) is 11.5 Å². The third-order valence-corrected chi connectivity index (χ3v) is 6.03. The molecule has 0 saturated heterocycles. The van der Waals surface area contributed by atoms with Gasteiger partial charge in [-0.1, -0.05) is 30.3 Å². The van der Waals surface area contributed by atoms with Gasteiger partial charge < -0.3 is 18.9 Å². The summed E-state index contributed by atoms with van der Waals surface area (Å²) in [6.07, 6.45) is 0. The Morgan fingerprint density at radius 1 is 0.737 bits per heavy atom. The minimum absolute atomic E-state index is 0.0221. The first-order valence-electron chi connectivity index (χ1n) is 12.5. The molecular weight excluding hydrogens is 490 g/mol. The predicted octanol–water partition coefficient (Wildman–Crippen LogP) is 4.79. The second kappa shape index (κ2) is 11.3. The minimum Gasteiger partial charge on any atom is -0.493 e. The van der Waals surface area contributed by atoms with Crippen molar-refractivity contribution < 1.29 is 38.1 Å². The number of rotatable bonds is 10. The molecule has 1 aliphatic rings. The van der Waals surface area contributed by atoms with Crippen LogP contribution in [0.3, 0.4) is 0 Å². The number of carbonyl (C=O) groups excluding carboxylic acids is 4. The molecule has 4 rings (SSSR count). The molecule has 0 atom stereocenters. The Kier molecular flexibility index (Phi) is 7.95. The molecule has 1 aliphatic heterocycles. The number of esters is 2. The summed E-state index contributed by atoms with van der Waals surface area (Å²) in [5, 5.41) is 0.187. The van der Waals surface area contributed by atoms with Crippen LogP contribution in [0.25, 0.3) is 10.8 Å². The van der Waals surface area contributed by atoms with Gasteiger partial charge in [0.25, 0.3) is 11.8 Å². The molecule has 0 spiro atoms. The number of amides is 2. The van der Waals surface area contributed by atoms with Crippen molar-refractivity contribution in [3.63, 3.8) is 0 Å². The number of hydrogen-bond donors (Lipinski definition) is 0. The SMILES string of the molecule is CCOC(=O)c1cc(OCC)c2c3c(cc(OCC)c(C(=O)OCC)c13)C(=O)N(Cc1ccccc1)C2=O. The zero-order chi connectivity index (χ0) is 27.4. The molecule has 9 nitrogen and oxygen atoms in total. The summed E-state index contributed by atoms with van der Waals surface area (Å²) in [5.74, 6) is -2.51. The van der Waals surface area contributed by atoms with Crippen LogP contribution in [0.4, 0.5) is 0 Å². The topological polar surface area (TPSA) is 108 Å². The fourth-order valence-electron chi connectivity index (χ4n) is 4.56. The lowest BCUT2D eigenvalue weighted by Gasteiger charge is -2.30. The first-order chi connectivity index (χ1) is 18.4. The normalized spacial score (nSPS) is 12.5. The van der Waals surface area contributed by atoms with Crippen molar-refractivity contribution in [2.24, 2.45) is 0 Å². The maximum atomic E-state index is 13.9. The van der Waals surface area contributed by atoms with E-state index in [1.807, 2.05) is 30.3 Å². The molecule has 9 heteroatoms. The van der Waals surface area contributed by atoms with Crippen molar-refractivity contribution in [1.82, 2.24) is 4.90 Å². The van der Waals surface area contributed by atoms with Gasteiger partial charge in [0.15, 0.2) is 0 Å². The van der Waals surface area contributed by atoms with Gasteiger partial charge in [0, 0.05) is 10.8 Å². The Bertz CT molecular complexity index is 1410. The zero-order valence-corrected chi connectivity index (χ0v) is 21.8. The first-order valence-corrected chi connectivity index (χ1v) is 12.5. The maximum Gasteiger partial charge on any atom is 0.342 e. The lowest BCUT2D eigenvalue weighted by molar-refractivity contribution is 0.0519. The monoisotopic (exact) mass is 519 g/mol. The van der Waals surface area contributed by atoms with Crippen LogP contribution in [0.15, 0.2) is 42.5 Å². The molecular formula is C29H29NO8.